The lowest BCUT2D eigenvalue weighted by molar-refractivity contribution is 0.634. The number of thioether (sulfide) groups is 1. The Balaban J connectivity index is 2.47. The molecule has 2 nitrogen and oxygen atoms in total. The van der Waals surface area contributed by atoms with Crippen molar-refractivity contribution in [1.29, 1.82) is 0 Å². The molecule has 9 heavy (non-hydrogen) atoms. The van der Waals surface area contributed by atoms with E-state index < -0.39 is 0 Å². The highest BCUT2D eigenvalue weighted by molar-refractivity contribution is 8.13. The van der Waals surface area contributed by atoms with Crippen LogP contribution in [-0.4, -0.2) is 17.0 Å². The van der Waals surface area contributed by atoms with Crippen molar-refractivity contribution in [3.63, 3.8) is 0 Å². The largest absolute Gasteiger partial charge is 0.379 e. The second-order valence-corrected chi connectivity index (χ2v) is 3.28. The summed E-state index contributed by atoms with van der Waals surface area (Å²) in [4.78, 5) is 4.26. The Labute approximate surface area is 59.9 Å². The Bertz CT molecular complexity index is 122. The van der Waals surface area contributed by atoms with E-state index in [1.54, 1.807) is 11.8 Å². The highest BCUT2D eigenvalue weighted by atomic mass is 32.2. The highest BCUT2D eigenvalue weighted by Crippen LogP contribution is 2.16. The van der Waals surface area contributed by atoms with E-state index in [1.807, 2.05) is 0 Å². The number of amidine groups is 1. The Hall–Kier alpha value is -0.180. The first-order chi connectivity index (χ1) is 4.33. The summed E-state index contributed by atoms with van der Waals surface area (Å²) in [6, 6.07) is 0.506. The molecular weight excluding hydrogens is 132 g/mol. The molecule has 0 unspecified atom stereocenters. The molecule has 0 aromatic carbocycles. The zero-order valence-electron chi connectivity index (χ0n) is 5.63. The quantitative estimate of drug-likeness (QED) is 0.601. The number of aliphatic imine (C=N–C) groups is 1. The summed E-state index contributed by atoms with van der Waals surface area (Å²) in [5.41, 5.74) is 5.51. The van der Waals surface area contributed by atoms with Crippen molar-refractivity contribution >= 4 is 16.9 Å². The van der Waals surface area contributed by atoms with Crippen LogP contribution < -0.4 is 5.73 Å². The molecule has 0 saturated carbocycles. The molecule has 1 rings (SSSR count). The van der Waals surface area contributed by atoms with Gasteiger partial charge in [-0.2, -0.15) is 0 Å². The molecule has 1 aliphatic rings. The van der Waals surface area contributed by atoms with Gasteiger partial charge in [0.05, 0.1) is 6.04 Å². The van der Waals surface area contributed by atoms with Crippen LogP contribution in [0.3, 0.4) is 0 Å². The first-order valence-corrected chi connectivity index (χ1v) is 4.27. The van der Waals surface area contributed by atoms with Crippen molar-refractivity contribution in [1.82, 2.24) is 0 Å². The summed E-state index contributed by atoms with van der Waals surface area (Å²) >= 11 is 1.66. The monoisotopic (exact) mass is 144 g/mol. The van der Waals surface area contributed by atoms with E-state index in [1.165, 1.54) is 6.42 Å². The van der Waals surface area contributed by atoms with Crippen LogP contribution in [0.5, 0.6) is 0 Å². The molecule has 0 aromatic heterocycles. The number of nitrogens with zero attached hydrogens (tertiary/aromatic N) is 1. The molecule has 1 atom stereocenters. The fraction of sp³-hybridized carbons (Fsp3) is 0.833. The van der Waals surface area contributed by atoms with Crippen LogP contribution >= 0.6 is 11.8 Å². The van der Waals surface area contributed by atoms with E-state index in [0.717, 1.165) is 17.3 Å². The topological polar surface area (TPSA) is 38.4 Å². The first kappa shape index (κ1) is 6.93. The third-order valence-corrected chi connectivity index (χ3v) is 2.32. The summed E-state index contributed by atoms with van der Waals surface area (Å²) in [6.07, 6.45) is 2.32. The molecule has 0 saturated heterocycles. The maximum atomic E-state index is 5.51. The van der Waals surface area contributed by atoms with E-state index >= 15 is 0 Å². The van der Waals surface area contributed by atoms with Crippen molar-refractivity contribution in [3.05, 3.63) is 0 Å². The maximum Gasteiger partial charge on any atom is 0.154 e. The number of hydrogen-bond acceptors (Lipinski definition) is 3. The van der Waals surface area contributed by atoms with Crippen molar-refractivity contribution in [3.8, 4) is 0 Å². The zero-order chi connectivity index (χ0) is 6.69. The van der Waals surface area contributed by atoms with Crippen LogP contribution in [0.25, 0.3) is 0 Å². The van der Waals surface area contributed by atoms with Gasteiger partial charge in [0.15, 0.2) is 5.17 Å². The SMILES string of the molecule is CC[C@H]1CCSC(N)=N1. The zero-order valence-corrected chi connectivity index (χ0v) is 6.45. The van der Waals surface area contributed by atoms with E-state index in [4.69, 9.17) is 5.73 Å². The summed E-state index contributed by atoms with van der Waals surface area (Å²) in [5.74, 6) is 1.15. The lowest BCUT2D eigenvalue weighted by Gasteiger charge is -2.15. The van der Waals surface area contributed by atoms with E-state index in [0.29, 0.717) is 6.04 Å². The number of rotatable bonds is 1. The van der Waals surface area contributed by atoms with Gasteiger partial charge >= 0.3 is 0 Å². The predicted octanol–water partition coefficient (Wildman–Crippen LogP) is 1.22. The van der Waals surface area contributed by atoms with Gasteiger partial charge in [-0.25, -0.2) is 0 Å². The lowest BCUT2D eigenvalue weighted by atomic mass is 10.2. The second-order valence-electron chi connectivity index (χ2n) is 2.17. The molecule has 0 fully saturated rings. The molecule has 0 aromatic rings. The van der Waals surface area contributed by atoms with Gasteiger partial charge in [-0.05, 0) is 12.8 Å². The Morgan fingerprint density at radius 3 is 3.11 bits per heavy atom. The number of nitrogens with two attached hydrogens (primary N) is 1. The van der Waals surface area contributed by atoms with Gasteiger partial charge in [0.1, 0.15) is 0 Å². The average molecular weight is 144 g/mol. The minimum Gasteiger partial charge on any atom is -0.379 e. The van der Waals surface area contributed by atoms with E-state index in [2.05, 4.69) is 11.9 Å². The molecule has 0 aliphatic carbocycles. The van der Waals surface area contributed by atoms with Crippen LogP contribution in [0.15, 0.2) is 4.99 Å². The second kappa shape index (κ2) is 3.11. The van der Waals surface area contributed by atoms with Gasteiger partial charge < -0.3 is 5.73 Å². The predicted molar refractivity (Wildman–Crippen MR) is 42.8 cm³/mol. The Morgan fingerprint density at radius 2 is 2.67 bits per heavy atom. The van der Waals surface area contributed by atoms with E-state index in [-0.39, 0.29) is 0 Å². The normalized spacial score (nSPS) is 27.7. The third-order valence-electron chi connectivity index (χ3n) is 1.48. The van der Waals surface area contributed by atoms with Crippen molar-refractivity contribution in [2.45, 2.75) is 25.8 Å². The van der Waals surface area contributed by atoms with Crippen molar-refractivity contribution < 1.29 is 0 Å². The molecule has 2 N–H and O–H groups in total. The molecule has 1 aliphatic heterocycles. The van der Waals surface area contributed by atoms with Crippen LogP contribution in [0, 0.1) is 0 Å². The Kier molecular flexibility index (Phi) is 2.39. The Morgan fingerprint density at radius 1 is 1.89 bits per heavy atom. The van der Waals surface area contributed by atoms with Crippen LogP contribution in [0.2, 0.25) is 0 Å². The minimum atomic E-state index is 0.506. The molecule has 52 valence electrons. The average Bonchev–Trinajstić information content (AvgIpc) is 1.88. The lowest BCUT2D eigenvalue weighted by Crippen LogP contribution is -2.19. The third kappa shape index (κ3) is 1.90. The molecule has 0 spiro atoms. The van der Waals surface area contributed by atoms with Gasteiger partial charge in [-0.1, -0.05) is 18.7 Å². The standard InChI is InChI=1S/C6H12N2S/c1-2-5-3-4-9-6(7)8-5/h5H,2-4H2,1H3,(H2,7,8)/t5-/m0/s1. The van der Waals surface area contributed by atoms with Gasteiger partial charge in [0.25, 0.3) is 0 Å². The highest BCUT2D eigenvalue weighted by Gasteiger charge is 2.10. The summed E-state index contributed by atoms with van der Waals surface area (Å²) in [5, 5.41) is 0.771. The van der Waals surface area contributed by atoms with Crippen molar-refractivity contribution in [2.75, 3.05) is 5.75 Å². The molecule has 0 bridgehead atoms. The van der Waals surface area contributed by atoms with Gasteiger partial charge in [0, 0.05) is 5.75 Å². The maximum absolute atomic E-state index is 5.51. The van der Waals surface area contributed by atoms with Crippen LogP contribution in [0.1, 0.15) is 19.8 Å². The fourth-order valence-corrected chi connectivity index (χ4v) is 1.70. The molecular formula is C6H12N2S. The smallest absolute Gasteiger partial charge is 0.154 e. The summed E-state index contributed by atoms with van der Waals surface area (Å²) < 4.78 is 0. The molecule has 3 heteroatoms. The van der Waals surface area contributed by atoms with Gasteiger partial charge in [-0.15, -0.1) is 0 Å². The minimum absolute atomic E-state index is 0.506. The fourth-order valence-electron chi connectivity index (χ4n) is 0.877. The van der Waals surface area contributed by atoms with Gasteiger partial charge in [0.2, 0.25) is 0 Å². The van der Waals surface area contributed by atoms with Crippen LogP contribution in [0.4, 0.5) is 0 Å². The molecule has 1 heterocycles. The van der Waals surface area contributed by atoms with Gasteiger partial charge in [-0.3, -0.25) is 4.99 Å². The van der Waals surface area contributed by atoms with E-state index in [9.17, 15) is 0 Å². The summed E-state index contributed by atoms with van der Waals surface area (Å²) in [7, 11) is 0. The first-order valence-electron chi connectivity index (χ1n) is 3.29. The van der Waals surface area contributed by atoms with Crippen molar-refractivity contribution in [2.24, 2.45) is 10.7 Å². The number of hydrogen-bond donors (Lipinski definition) is 1. The molecule has 0 amide bonds. The van der Waals surface area contributed by atoms with Crippen LogP contribution in [-0.2, 0) is 0 Å². The molecule has 0 radical (unpaired) electrons. The summed E-state index contributed by atoms with van der Waals surface area (Å²) in [6.45, 7) is 2.15.